The zero-order chi connectivity index (χ0) is 20.8. The van der Waals surface area contributed by atoms with E-state index >= 15 is 0 Å². The quantitative estimate of drug-likeness (QED) is 0.542. The second kappa shape index (κ2) is 7.21. The molecule has 4 aromatic rings. The number of nitrogens with zero attached hydrogens (tertiary/aromatic N) is 5. The highest BCUT2D eigenvalue weighted by Crippen LogP contribution is 2.28. The zero-order valence-electron chi connectivity index (χ0n) is 16.6. The van der Waals surface area contributed by atoms with E-state index in [1.807, 2.05) is 24.0 Å². The standard InChI is InChI=1S/C20H20N6O3S/c1-11-9-26-15(18(27)21-11)8-14(23-26)19-22-17(24-29-19)13-4-3-7-25(10-13)20(28)16-6-5-12(2)30-16/h5-6,8-9,13H,3-4,7,10H2,1-2H3,(H,21,27)/t13-/m0/s1. The van der Waals surface area contributed by atoms with Crippen molar-refractivity contribution in [3.8, 4) is 11.6 Å². The van der Waals surface area contributed by atoms with Gasteiger partial charge in [0.05, 0.1) is 4.88 Å². The number of likely N-dealkylation sites (tertiary alicyclic amines) is 1. The van der Waals surface area contributed by atoms with Crippen molar-refractivity contribution in [2.75, 3.05) is 13.1 Å². The Morgan fingerprint density at radius 1 is 1.33 bits per heavy atom. The Balaban J connectivity index is 1.38. The molecule has 1 amide bonds. The first-order valence-corrected chi connectivity index (χ1v) is 10.6. The SMILES string of the molecule is Cc1cn2nc(-c3nc([C@H]4CCCN(C(=O)c5ccc(C)s5)C4)no3)cc2c(=O)[nH]1. The van der Waals surface area contributed by atoms with Crippen molar-refractivity contribution in [1.82, 2.24) is 29.6 Å². The first-order chi connectivity index (χ1) is 14.5. The Bertz CT molecular complexity index is 1300. The molecule has 0 radical (unpaired) electrons. The Morgan fingerprint density at radius 2 is 2.20 bits per heavy atom. The van der Waals surface area contributed by atoms with E-state index in [-0.39, 0.29) is 23.3 Å². The van der Waals surface area contributed by atoms with Crippen molar-refractivity contribution in [3.05, 3.63) is 56.0 Å². The summed E-state index contributed by atoms with van der Waals surface area (Å²) < 4.78 is 6.95. The molecule has 1 aliphatic heterocycles. The molecule has 0 aliphatic carbocycles. The Kier molecular flexibility index (Phi) is 4.50. The first kappa shape index (κ1) is 18.7. The third-order valence-electron chi connectivity index (χ3n) is 5.28. The van der Waals surface area contributed by atoms with Crippen LogP contribution in [0.5, 0.6) is 0 Å². The molecule has 0 bridgehead atoms. The predicted molar refractivity (Wildman–Crippen MR) is 111 cm³/mol. The van der Waals surface area contributed by atoms with Crippen molar-refractivity contribution in [2.24, 2.45) is 0 Å². The second-order valence-electron chi connectivity index (χ2n) is 7.58. The van der Waals surface area contributed by atoms with Gasteiger partial charge < -0.3 is 14.4 Å². The fraction of sp³-hybridized carbons (Fsp3) is 0.350. The smallest absolute Gasteiger partial charge is 0.278 e. The summed E-state index contributed by atoms with van der Waals surface area (Å²) >= 11 is 1.51. The molecule has 5 heterocycles. The van der Waals surface area contributed by atoms with Gasteiger partial charge >= 0.3 is 0 Å². The Labute approximate surface area is 175 Å². The van der Waals surface area contributed by atoms with Crippen molar-refractivity contribution in [3.63, 3.8) is 0 Å². The number of thiophene rings is 1. The Morgan fingerprint density at radius 3 is 3.00 bits per heavy atom. The van der Waals surface area contributed by atoms with Crippen LogP contribution in [0.3, 0.4) is 0 Å². The number of piperidine rings is 1. The fourth-order valence-corrected chi connectivity index (χ4v) is 4.64. The van der Waals surface area contributed by atoms with Gasteiger partial charge in [-0.25, -0.2) is 4.52 Å². The maximum atomic E-state index is 12.8. The van der Waals surface area contributed by atoms with Crippen LogP contribution in [0.15, 0.2) is 33.7 Å². The number of aryl methyl sites for hydroxylation is 2. The maximum absolute atomic E-state index is 12.8. The highest BCUT2D eigenvalue weighted by Gasteiger charge is 2.29. The highest BCUT2D eigenvalue weighted by molar-refractivity contribution is 7.13. The van der Waals surface area contributed by atoms with E-state index in [0.717, 1.165) is 29.1 Å². The summed E-state index contributed by atoms with van der Waals surface area (Å²) in [5.41, 5.74) is 1.35. The van der Waals surface area contributed by atoms with E-state index in [1.54, 1.807) is 19.2 Å². The summed E-state index contributed by atoms with van der Waals surface area (Å²) in [5.74, 6) is 0.885. The van der Waals surface area contributed by atoms with Gasteiger partial charge in [0.1, 0.15) is 5.52 Å². The van der Waals surface area contributed by atoms with Crippen LogP contribution in [0.4, 0.5) is 0 Å². The largest absolute Gasteiger partial charge is 0.337 e. The van der Waals surface area contributed by atoms with E-state index in [9.17, 15) is 9.59 Å². The van der Waals surface area contributed by atoms with Gasteiger partial charge in [0.2, 0.25) is 0 Å². The normalized spacial score (nSPS) is 17.0. The topological polar surface area (TPSA) is 109 Å². The van der Waals surface area contributed by atoms with Crippen molar-refractivity contribution < 1.29 is 9.32 Å². The number of amides is 1. The van der Waals surface area contributed by atoms with E-state index in [4.69, 9.17) is 4.52 Å². The minimum atomic E-state index is -0.223. The molecule has 9 nitrogen and oxygen atoms in total. The van der Waals surface area contributed by atoms with Gasteiger partial charge in [-0.15, -0.1) is 11.3 Å². The summed E-state index contributed by atoms with van der Waals surface area (Å²) in [5, 5.41) is 8.53. The molecule has 154 valence electrons. The lowest BCUT2D eigenvalue weighted by molar-refractivity contribution is 0.0708. The summed E-state index contributed by atoms with van der Waals surface area (Å²) in [6.45, 7) is 5.07. The molecule has 4 aromatic heterocycles. The third-order valence-corrected chi connectivity index (χ3v) is 6.27. The number of H-pyrrole nitrogens is 1. The van der Waals surface area contributed by atoms with Gasteiger partial charge in [0.25, 0.3) is 17.4 Å². The van der Waals surface area contributed by atoms with Crippen LogP contribution in [-0.2, 0) is 0 Å². The van der Waals surface area contributed by atoms with Gasteiger partial charge in [-0.1, -0.05) is 5.16 Å². The number of carbonyl (C=O) groups is 1. The molecule has 1 atom stereocenters. The molecule has 5 rings (SSSR count). The average molecular weight is 424 g/mol. The Hall–Kier alpha value is -3.27. The van der Waals surface area contributed by atoms with Gasteiger partial charge in [-0.3, -0.25) is 9.59 Å². The average Bonchev–Trinajstić information content (AvgIpc) is 3.46. The highest BCUT2D eigenvalue weighted by atomic mass is 32.1. The third kappa shape index (κ3) is 3.32. The monoisotopic (exact) mass is 424 g/mol. The number of rotatable bonds is 3. The fourth-order valence-electron chi connectivity index (χ4n) is 3.81. The van der Waals surface area contributed by atoms with Crippen molar-refractivity contribution in [2.45, 2.75) is 32.6 Å². The number of hydrogen-bond acceptors (Lipinski definition) is 7. The minimum absolute atomic E-state index is 0.00365. The van der Waals surface area contributed by atoms with Crippen LogP contribution in [-0.4, -0.2) is 48.6 Å². The van der Waals surface area contributed by atoms with Crippen LogP contribution < -0.4 is 5.56 Å². The van der Waals surface area contributed by atoms with E-state index in [1.165, 1.54) is 15.9 Å². The molecule has 0 spiro atoms. The molecule has 0 saturated carbocycles. The summed E-state index contributed by atoms with van der Waals surface area (Å²) in [7, 11) is 0. The van der Waals surface area contributed by atoms with Crippen molar-refractivity contribution >= 4 is 22.8 Å². The molecule has 1 saturated heterocycles. The maximum Gasteiger partial charge on any atom is 0.278 e. The van der Waals surface area contributed by atoms with Crippen LogP contribution in [0.25, 0.3) is 17.1 Å². The minimum Gasteiger partial charge on any atom is -0.337 e. The number of nitrogens with one attached hydrogen (secondary N) is 1. The second-order valence-corrected chi connectivity index (χ2v) is 8.87. The van der Waals surface area contributed by atoms with E-state index in [2.05, 4.69) is 20.2 Å². The van der Waals surface area contributed by atoms with Crippen LogP contribution in [0.2, 0.25) is 0 Å². The van der Waals surface area contributed by atoms with Gasteiger partial charge in [0.15, 0.2) is 11.5 Å². The van der Waals surface area contributed by atoms with E-state index < -0.39 is 0 Å². The molecule has 10 heteroatoms. The van der Waals surface area contributed by atoms with Gasteiger partial charge in [-0.05, 0) is 38.8 Å². The lowest BCUT2D eigenvalue weighted by Gasteiger charge is -2.30. The molecular formula is C20H20N6O3S. The van der Waals surface area contributed by atoms with Crippen molar-refractivity contribution in [1.29, 1.82) is 0 Å². The van der Waals surface area contributed by atoms with Gasteiger partial charge in [0, 0.05) is 41.8 Å². The number of aromatic nitrogens is 5. The molecule has 1 aliphatic rings. The van der Waals surface area contributed by atoms with E-state index in [0.29, 0.717) is 29.3 Å². The summed E-state index contributed by atoms with van der Waals surface area (Å²) in [6.07, 6.45) is 3.50. The lowest BCUT2D eigenvalue weighted by Crippen LogP contribution is -2.39. The van der Waals surface area contributed by atoms with Crippen LogP contribution >= 0.6 is 11.3 Å². The van der Waals surface area contributed by atoms with Crippen LogP contribution in [0, 0.1) is 13.8 Å². The first-order valence-electron chi connectivity index (χ1n) is 9.77. The number of aromatic amines is 1. The molecular weight excluding hydrogens is 404 g/mol. The lowest BCUT2D eigenvalue weighted by atomic mass is 9.97. The summed E-state index contributed by atoms with van der Waals surface area (Å²) in [6, 6.07) is 5.48. The zero-order valence-corrected chi connectivity index (χ0v) is 17.4. The molecule has 1 fully saturated rings. The molecule has 0 unspecified atom stereocenters. The molecule has 1 N–H and O–H groups in total. The molecule has 30 heavy (non-hydrogen) atoms. The predicted octanol–water partition coefficient (Wildman–Crippen LogP) is 2.77. The van der Waals surface area contributed by atoms with Gasteiger partial charge in [-0.2, -0.15) is 10.1 Å². The summed E-state index contributed by atoms with van der Waals surface area (Å²) in [4.78, 5) is 35.9. The van der Waals surface area contributed by atoms with Crippen LogP contribution in [0.1, 0.15) is 44.8 Å². The number of fused-ring (bicyclic) bond motifs is 1. The molecule has 0 aromatic carbocycles. The number of hydrogen-bond donors (Lipinski definition) is 1. The number of carbonyl (C=O) groups excluding carboxylic acids is 1.